The van der Waals surface area contributed by atoms with Crippen molar-refractivity contribution in [2.24, 2.45) is 10.8 Å². The molecule has 0 atom stereocenters. The van der Waals surface area contributed by atoms with Crippen LogP contribution in [-0.2, 0) is 4.79 Å². The molecular weight excluding hydrogens is 412 g/mol. The van der Waals surface area contributed by atoms with Crippen LogP contribution in [0.4, 0.5) is 5.69 Å². The predicted molar refractivity (Wildman–Crippen MR) is 111 cm³/mol. The first-order valence-electron chi connectivity index (χ1n) is 8.48. The number of rotatable bonds is 8. The van der Waals surface area contributed by atoms with E-state index < -0.39 is 16.7 Å². The first kappa shape index (κ1) is 20.7. The second-order valence-electron chi connectivity index (χ2n) is 5.95. The average molecular weight is 428 g/mol. The van der Waals surface area contributed by atoms with Gasteiger partial charge < -0.3 is 15.2 Å². The summed E-state index contributed by atoms with van der Waals surface area (Å²) in [5.41, 5.74) is 8.04. The molecule has 11 heteroatoms. The summed E-state index contributed by atoms with van der Waals surface area (Å²) in [4.78, 5) is 33.9. The number of hydrogen-bond acceptors (Lipinski definition) is 8. The number of nitrogens with one attached hydrogen (secondary N) is 1. The van der Waals surface area contributed by atoms with Gasteiger partial charge in [0.2, 0.25) is 0 Å². The van der Waals surface area contributed by atoms with E-state index in [1.165, 1.54) is 36.8 Å². The monoisotopic (exact) mass is 428 g/mol. The molecule has 10 nitrogen and oxygen atoms in total. The number of hydrazone groups is 1. The number of methoxy groups -OCH3 is 1. The van der Waals surface area contributed by atoms with Crippen molar-refractivity contribution in [3.63, 3.8) is 0 Å². The highest BCUT2D eigenvalue weighted by Gasteiger charge is 2.13. The first-order valence-corrected chi connectivity index (χ1v) is 9.29. The van der Waals surface area contributed by atoms with Gasteiger partial charge in [-0.25, -0.2) is 5.43 Å². The Kier molecular flexibility index (Phi) is 6.23. The summed E-state index contributed by atoms with van der Waals surface area (Å²) in [6.07, 6.45) is 1.41. The van der Waals surface area contributed by atoms with E-state index in [0.29, 0.717) is 27.3 Å². The number of nitrogens with zero attached hydrogens (tertiary/aromatic N) is 2. The number of nitro benzene ring substituents is 1. The van der Waals surface area contributed by atoms with Crippen LogP contribution in [0.2, 0.25) is 0 Å². The molecule has 2 amide bonds. The average Bonchev–Trinajstić information content (AvgIpc) is 3.15. The molecule has 0 aliphatic heterocycles. The molecule has 1 heterocycles. The lowest BCUT2D eigenvalue weighted by atomic mass is 10.2. The maximum absolute atomic E-state index is 12.3. The minimum atomic E-state index is -0.610. The van der Waals surface area contributed by atoms with Crippen LogP contribution in [0.15, 0.2) is 47.6 Å². The highest BCUT2D eigenvalue weighted by atomic mass is 32.1. The normalized spacial score (nSPS) is 10.8. The third-order valence-corrected chi connectivity index (χ3v) is 4.99. The third-order valence-electron chi connectivity index (χ3n) is 3.87. The van der Waals surface area contributed by atoms with Gasteiger partial charge in [-0.2, -0.15) is 5.10 Å². The van der Waals surface area contributed by atoms with E-state index >= 15 is 0 Å². The van der Waals surface area contributed by atoms with Crippen molar-refractivity contribution in [2.75, 3.05) is 13.7 Å². The fourth-order valence-electron chi connectivity index (χ4n) is 2.51. The Hall–Kier alpha value is -3.99. The number of fused-ring (bicyclic) bond motifs is 1. The van der Waals surface area contributed by atoms with E-state index in [-0.39, 0.29) is 12.3 Å². The summed E-state index contributed by atoms with van der Waals surface area (Å²) in [6.45, 7) is -0.280. The lowest BCUT2D eigenvalue weighted by Crippen LogP contribution is -2.20. The number of carbonyl (C=O) groups is 2. The molecule has 0 aliphatic rings. The second kappa shape index (κ2) is 9.01. The van der Waals surface area contributed by atoms with Crippen LogP contribution < -0.4 is 20.6 Å². The van der Waals surface area contributed by atoms with Gasteiger partial charge in [-0.3, -0.25) is 19.7 Å². The van der Waals surface area contributed by atoms with E-state index in [1.807, 2.05) is 0 Å². The number of thiophene rings is 1. The zero-order chi connectivity index (χ0) is 21.7. The number of benzene rings is 2. The number of amides is 2. The van der Waals surface area contributed by atoms with E-state index in [9.17, 15) is 19.7 Å². The Morgan fingerprint density at radius 3 is 2.73 bits per heavy atom. The molecular formula is C19H16N4O6S. The van der Waals surface area contributed by atoms with Crippen LogP contribution in [0.5, 0.6) is 11.5 Å². The quantitative estimate of drug-likeness (QED) is 0.320. The van der Waals surface area contributed by atoms with Gasteiger partial charge in [0.1, 0.15) is 0 Å². The van der Waals surface area contributed by atoms with Crippen molar-refractivity contribution < 1.29 is 24.0 Å². The molecule has 3 rings (SSSR count). The Morgan fingerprint density at radius 2 is 2.03 bits per heavy atom. The molecule has 3 aromatic rings. The smallest absolute Gasteiger partial charge is 0.281 e. The Labute approximate surface area is 174 Å². The predicted octanol–water partition coefficient (Wildman–Crippen LogP) is 2.45. The summed E-state index contributed by atoms with van der Waals surface area (Å²) in [5.74, 6) is -0.334. The number of primary amides is 1. The summed E-state index contributed by atoms with van der Waals surface area (Å²) >= 11 is 1.21. The second-order valence-corrected chi connectivity index (χ2v) is 7.04. The van der Waals surface area contributed by atoms with Crippen LogP contribution >= 0.6 is 11.3 Å². The number of hydrogen-bond donors (Lipinski definition) is 2. The molecule has 0 spiro atoms. The van der Waals surface area contributed by atoms with Gasteiger partial charge >= 0.3 is 0 Å². The number of nitro groups is 1. The van der Waals surface area contributed by atoms with Gasteiger partial charge in [0, 0.05) is 22.2 Å². The minimum Gasteiger partial charge on any atom is -0.493 e. The van der Waals surface area contributed by atoms with Gasteiger partial charge in [0.25, 0.3) is 17.5 Å². The van der Waals surface area contributed by atoms with Crippen molar-refractivity contribution in [1.82, 2.24) is 5.43 Å². The van der Waals surface area contributed by atoms with Crippen LogP contribution in [0.25, 0.3) is 10.1 Å². The van der Waals surface area contributed by atoms with Crippen LogP contribution in [0.1, 0.15) is 15.2 Å². The number of non-ortho nitro benzene ring substituents is 1. The Bertz CT molecular complexity index is 1160. The molecule has 3 N–H and O–H groups in total. The lowest BCUT2D eigenvalue weighted by Gasteiger charge is -2.09. The minimum absolute atomic E-state index is 0.0394. The zero-order valence-electron chi connectivity index (χ0n) is 15.7. The molecule has 2 aromatic carbocycles. The van der Waals surface area contributed by atoms with Gasteiger partial charge in [-0.15, -0.1) is 11.3 Å². The SMILES string of the molecule is COc1cc(C=NNC(=O)c2cc3cc([N+](=O)[O-])ccc3s2)ccc1OCC(N)=O. The van der Waals surface area contributed by atoms with Gasteiger partial charge in [0.15, 0.2) is 18.1 Å². The van der Waals surface area contributed by atoms with Crippen molar-refractivity contribution >= 4 is 45.1 Å². The van der Waals surface area contributed by atoms with Crippen molar-refractivity contribution in [3.05, 3.63) is 63.0 Å². The largest absolute Gasteiger partial charge is 0.493 e. The van der Waals surface area contributed by atoms with Gasteiger partial charge in [-0.1, -0.05) is 0 Å². The maximum Gasteiger partial charge on any atom is 0.281 e. The van der Waals surface area contributed by atoms with E-state index in [2.05, 4.69) is 10.5 Å². The molecule has 0 saturated heterocycles. The molecule has 0 radical (unpaired) electrons. The standard InChI is InChI=1S/C19H16N4O6S/c1-28-15-6-11(2-4-14(15)29-10-18(20)24)9-21-22-19(25)17-8-12-7-13(23(26)27)3-5-16(12)30-17/h2-9H,10H2,1H3,(H2,20,24)(H,22,25). The highest BCUT2D eigenvalue weighted by molar-refractivity contribution is 7.20. The van der Waals surface area contributed by atoms with Crippen molar-refractivity contribution in [3.8, 4) is 11.5 Å². The summed E-state index contributed by atoms with van der Waals surface area (Å²) in [7, 11) is 1.45. The molecule has 154 valence electrons. The fourth-order valence-corrected chi connectivity index (χ4v) is 3.44. The van der Waals surface area contributed by atoms with Crippen molar-refractivity contribution in [1.29, 1.82) is 0 Å². The summed E-state index contributed by atoms with van der Waals surface area (Å²) in [5, 5.41) is 15.4. The van der Waals surface area contributed by atoms with Crippen LogP contribution in [0, 0.1) is 10.1 Å². The van der Waals surface area contributed by atoms with Crippen molar-refractivity contribution in [2.45, 2.75) is 0 Å². The maximum atomic E-state index is 12.3. The number of ether oxygens (including phenoxy) is 2. The molecule has 30 heavy (non-hydrogen) atoms. The van der Waals surface area contributed by atoms with Gasteiger partial charge in [-0.05, 0) is 35.9 Å². The molecule has 1 aromatic heterocycles. The lowest BCUT2D eigenvalue weighted by molar-refractivity contribution is -0.384. The molecule has 0 bridgehead atoms. The number of nitrogens with two attached hydrogens (primary N) is 1. The topological polar surface area (TPSA) is 146 Å². The van der Waals surface area contributed by atoms with Crippen LogP contribution in [-0.4, -0.2) is 36.7 Å². The first-order chi connectivity index (χ1) is 14.4. The number of carbonyl (C=O) groups excluding carboxylic acids is 2. The highest BCUT2D eigenvalue weighted by Crippen LogP contribution is 2.29. The summed E-state index contributed by atoms with van der Waals surface area (Å²) in [6, 6.07) is 10.8. The van der Waals surface area contributed by atoms with E-state index in [1.54, 1.807) is 30.3 Å². The van der Waals surface area contributed by atoms with E-state index in [0.717, 1.165) is 4.70 Å². The third kappa shape index (κ3) is 4.89. The zero-order valence-corrected chi connectivity index (χ0v) is 16.5. The fraction of sp³-hybridized carbons (Fsp3) is 0.105. The summed E-state index contributed by atoms with van der Waals surface area (Å²) < 4.78 is 11.2. The molecule has 0 fully saturated rings. The Balaban J connectivity index is 1.68. The van der Waals surface area contributed by atoms with Crippen LogP contribution in [0.3, 0.4) is 0 Å². The van der Waals surface area contributed by atoms with Gasteiger partial charge in [0.05, 0.1) is 23.1 Å². The van der Waals surface area contributed by atoms with E-state index in [4.69, 9.17) is 15.2 Å². The molecule has 0 unspecified atom stereocenters. The molecule has 0 saturated carbocycles. The molecule has 0 aliphatic carbocycles. The Morgan fingerprint density at radius 1 is 1.23 bits per heavy atom.